The van der Waals surface area contributed by atoms with Crippen LogP contribution in [-0.2, 0) is 13.0 Å². The first-order valence-electron chi connectivity index (χ1n) is 10.2. The second-order valence-corrected chi connectivity index (χ2v) is 7.53. The summed E-state index contributed by atoms with van der Waals surface area (Å²) in [4.78, 5) is 3.34. The fourth-order valence-electron chi connectivity index (χ4n) is 4.07. The Bertz CT molecular complexity index is 728. The van der Waals surface area contributed by atoms with Crippen LogP contribution in [0, 0.1) is 0 Å². The van der Waals surface area contributed by atoms with Crippen molar-refractivity contribution in [1.82, 2.24) is 0 Å². The van der Waals surface area contributed by atoms with Gasteiger partial charge in [-0.15, -0.1) is 0 Å². The van der Waals surface area contributed by atoms with Crippen molar-refractivity contribution in [3.8, 4) is 17.2 Å². The van der Waals surface area contributed by atoms with E-state index in [9.17, 15) is 0 Å². The molecule has 1 saturated heterocycles. The van der Waals surface area contributed by atoms with E-state index in [4.69, 9.17) is 14.2 Å². The summed E-state index contributed by atoms with van der Waals surface area (Å²) in [6.45, 7) is 7.08. The minimum absolute atomic E-state index is 0.714. The van der Waals surface area contributed by atoms with E-state index in [2.05, 4.69) is 36.4 Å². The van der Waals surface area contributed by atoms with Crippen molar-refractivity contribution in [2.45, 2.75) is 19.4 Å². The third-order valence-corrected chi connectivity index (χ3v) is 5.73. The predicted octanol–water partition coefficient (Wildman–Crippen LogP) is 0.629. The molecule has 2 aromatic carbocycles. The second-order valence-electron chi connectivity index (χ2n) is 7.53. The fraction of sp³-hybridized carbons (Fsp3) is 0.478. The van der Waals surface area contributed by atoms with E-state index in [1.165, 1.54) is 56.7 Å². The molecule has 2 N–H and O–H groups in total. The van der Waals surface area contributed by atoms with Gasteiger partial charge < -0.3 is 24.0 Å². The molecule has 0 radical (unpaired) electrons. The van der Waals surface area contributed by atoms with Crippen LogP contribution in [0.25, 0.3) is 0 Å². The molecule has 0 unspecified atom stereocenters. The van der Waals surface area contributed by atoms with Gasteiger partial charge in [-0.2, -0.15) is 0 Å². The van der Waals surface area contributed by atoms with Crippen LogP contribution < -0.4 is 24.0 Å². The maximum atomic E-state index is 5.59. The van der Waals surface area contributed by atoms with Gasteiger partial charge in [-0.25, -0.2) is 0 Å². The molecule has 1 aliphatic rings. The molecule has 0 amide bonds. The summed E-state index contributed by atoms with van der Waals surface area (Å²) < 4.78 is 16.5. The number of quaternary nitrogens is 2. The van der Waals surface area contributed by atoms with Crippen molar-refractivity contribution in [3.05, 3.63) is 53.6 Å². The Kier molecular flexibility index (Phi) is 7.57. The summed E-state index contributed by atoms with van der Waals surface area (Å²) in [6, 6.07) is 14.8. The third-order valence-electron chi connectivity index (χ3n) is 5.73. The largest absolute Gasteiger partial charge is 0.496 e. The zero-order valence-corrected chi connectivity index (χ0v) is 17.4. The Balaban J connectivity index is 1.49. The number of rotatable bonds is 9. The van der Waals surface area contributed by atoms with Crippen LogP contribution in [0.15, 0.2) is 42.5 Å². The first kappa shape index (κ1) is 20.5. The molecule has 1 fully saturated rings. The molecule has 1 heterocycles. The first-order valence-corrected chi connectivity index (χ1v) is 10.2. The van der Waals surface area contributed by atoms with Gasteiger partial charge in [0.2, 0.25) is 0 Å². The standard InChI is InChI=1S/C23H32N2O3/c1-26-21-17-23(28-3)22(27-2)16-20(21)18-25-14-12-24(13-15-25)11-7-10-19-8-5-4-6-9-19/h4-6,8-9,16-17H,7,10-15,18H2,1-3H3/p+2. The number of ether oxygens (including phenoxy) is 3. The van der Waals surface area contributed by atoms with E-state index in [1.807, 2.05) is 6.07 Å². The molecular weight excluding hydrogens is 352 g/mol. The van der Waals surface area contributed by atoms with Gasteiger partial charge in [0.15, 0.2) is 11.5 Å². The average molecular weight is 387 g/mol. The van der Waals surface area contributed by atoms with E-state index in [-0.39, 0.29) is 0 Å². The Morgan fingerprint density at radius 1 is 0.750 bits per heavy atom. The van der Waals surface area contributed by atoms with Crippen LogP contribution in [0.4, 0.5) is 0 Å². The van der Waals surface area contributed by atoms with E-state index in [0.717, 1.165) is 18.0 Å². The van der Waals surface area contributed by atoms with E-state index in [0.29, 0.717) is 5.75 Å². The number of benzene rings is 2. The van der Waals surface area contributed by atoms with Crippen LogP contribution in [-0.4, -0.2) is 54.1 Å². The minimum atomic E-state index is 0.714. The van der Waals surface area contributed by atoms with Crippen molar-refractivity contribution in [3.63, 3.8) is 0 Å². The Morgan fingerprint density at radius 2 is 1.36 bits per heavy atom. The molecule has 0 aliphatic carbocycles. The van der Waals surface area contributed by atoms with Crippen molar-refractivity contribution in [2.75, 3.05) is 54.1 Å². The molecule has 0 atom stereocenters. The molecule has 3 rings (SSSR count). The first-order chi connectivity index (χ1) is 13.7. The Morgan fingerprint density at radius 3 is 2.00 bits per heavy atom. The predicted molar refractivity (Wildman–Crippen MR) is 111 cm³/mol. The van der Waals surface area contributed by atoms with Gasteiger partial charge in [-0.3, -0.25) is 0 Å². The molecule has 1 aliphatic heterocycles. The van der Waals surface area contributed by atoms with Gasteiger partial charge in [0.05, 0.1) is 33.4 Å². The number of methoxy groups -OCH3 is 3. The van der Waals surface area contributed by atoms with Crippen LogP contribution >= 0.6 is 0 Å². The topological polar surface area (TPSA) is 36.6 Å². The summed E-state index contributed by atoms with van der Waals surface area (Å²) in [5.74, 6) is 2.36. The molecule has 0 aromatic heterocycles. The van der Waals surface area contributed by atoms with Gasteiger partial charge in [0.1, 0.15) is 38.5 Å². The maximum Gasteiger partial charge on any atom is 0.164 e. The van der Waals surface area contributed by atoms with Crippen LogP contribution in [0.5, 0.6) is 17.2 Å². The van der Waals surface area contributed by atoms with Gasteiger partial charge in [0.25, 0.3) is 0 Å². The average Bonchev–Trinajstić information content (AvgIpc) is 2.75. The highest BCUT2D eigenvalue weighted by Crippen LogP contribution is 2.34. The summed E-state index contributed by atoms with van der Waals surface area (Å²) in [5, 5.41) is 0. The van der Waals surface area contributed by atoms with Crippen molar-refractivity contribution >= 4 is 0 Å². The molecule has 0 spiro atoms. The monoisotopic (exact) mass is 386 g/mol. The van der Waals surface area contributed by atoms with Crippen LogP contribution in [0.3, 0.4) is 0 Å². The lowest BCUT2D eigenvalue weighted by atomic mass is 10.1. The second kappa shape index (κ2) is 10.3. The molecule has 5 nitrogen and oxygen atoms in total. The zero-order valence-electron chi connectivity index (χ0n) is 17.4. The number of aryl methyl sites for hydroxylation is 1. The molecule has 28 heavy (non-hydrogen) atoms. The quantitative estimate of drug-likeness (QED) is 0.664. The molecule has 0 bridgehead atoms. The lowest BCUT2D eigenvalue weighted by Gasteiger charge is -2.30. The highest BCUT2D eigenvalue weighted by molar-refractivity contribution is 5.50. The number of hydrogen-bond donors (Lipinski definition) is 2. The Labute approximate surface area is 168 Å². The molecule has 0 saturated carbocycles. The number of nitrogens with one attached hydrogen (secondary N) is 2. The van der Waals surface area contributed by atoms with E-state index >= 15 is 0 Å². The summed E-state index contributed by atoms with van der Waals surface area (Å²) in [6.07, 6.45) is 2.45. The fourth-order valence-corrected chi connectivity index (χ4v) is 4.07. The lowest BCUT2D eigenvalue weighted by molar-refractivity contribution is -1.02. The molecule has 2 aromatic rings. The van der Waals surface area contributed by atoms with Gasteiger partial charge in [-0.05, 0) is 18.1 Å². The van der Waals surface area contributed by atoms with Crippen LogP contribution in [0.2, 0.25) is 0 Å². The van der Waals surface area contributed by atoms with Crippen LogP contribution in [0.1, 0.15) is 17.5 Å². The molecule has 5 heteroatoms. The van der Waals surface area contributed by atoms with E-state index < -0.39 is 0 Å². The maximum absolute atomic E-state index is 5.59. The highest BCUT2D eigenvalue weighted by Gasteiger charge is 2.24. The number of piperazine rings is 1. The van der Waals surface area contributed by atoms with Crippen molar-refractivity contribution in [2.24, 2.45) is 0 Å². The lowest BCUT2D eigenvalue weighted by Crippen LogP contribution is -3.27. The number of hydrogen-bond acceptors (Lipinski definition) is 3. The zero-order chi connectivity index (χ0) is 19.8. The Hall–Kier alpha value is -2.24. The normalized spacial score (nSPS) is 19.2. The highest BCUT2D eigenvalue weighted by atomic mass is 16.5. The van der Waals surface area contributed by atoms with Gasteiger partial charge in [0, 0.05) is 12.5 Å². The smallest absolute Gasteiger partial charge is 0.164 e. The third kappa shape index (κ3) is 5.40. The summed E-state index contributed by atoms with van der Waals surface area (Å²) in [5.41, 5.74) is 2.63. The van der Waals surface area contributed by atoms with Crippen molar-refractivity contribution < 1.29 is 24.0 Å². The van der Waals surface area contributed by atoms with Gasteiger partial charge in [-0.1, -0.05) is 30.3 Å². The van der Waals surface area contributed by atoms with E-state index in [1.54, 1.807) is 31.1 Å². The molecular formula is C23H34N2O3+2. The summed E-state index contributed by atoms with van der Waals surface area (Å²) >= 11 is 0. The summed E-state index contributed by atoms with van der Waals surface area (Å²) in [7, 11) is 5.05. The molecule has 152 valence electrons. The minimum Gasteiger partial charge on any atom is -0.496 e. The van der Waals surface area contributed by atoms with Crippen molar-refractivity contribution in [1.29, 1.82) is 0 Å². The SMILES string of the molecule is COc1cc(OC)c(OC)cc1C[NH+]1CC[NH+](CCCc2ccccc2)CC1. The van der Waals surface area contributed by atoms with Gasteiger partial charge >= 0.3 is 0 Å².